The Kier molecular flexibility index (Phi) is 5.05. The van der Waals surface area contributed by atoms with Crippen LogP contribution in [0, 0.1) is 0 Å². The van der Waals surface area contributed by atoms with Gasteiger partial charge in [0, 0.05) is 16.2 Å². The standard InChI is InChI=1S/C14H19BrN2O/c15-11-6-8-12(9-7-11)16-10-14(18)17-13-4-2-1-3-5-13/h6-9,13,16H,1-5,10H2,(H,17,18). The van der Waals surface area contributed by atoms with E-state index in [1.807, 2.05) is 24.3 Å². The highest BCUT2D eigenvalue weighted by Gasteiger charge is 2.15. The van der Waals surface area contributed by atoms with Gasteiger partial charge in [0.1, 0.15) is 0 Å². The van der Waals surface area contributed by atoms with Gasteiger partial charge in [0.25, 0.3) is 0 Å². The van der Waals surface area contributed by atoms with Gasteiger partial charge in [-0.1, -0.05) is 35.2 Å². The monoisotopic (exact) mass is 310 g/mol. The maximum Gasteiger partial charge on any atom is 0.239 e. The minimum Gasteiger partial charge on any atom is -0.376 e. The fourth-order valence-corrected chi connectivity index (χ4v) is 2.54. The van der Waals surface area contributed by atoms with Gasteiger partial charge in [0.2, 0.25) is 5.91 Å². The Bertz CT molecular complexity index is 385. The SMILES string of the molecule is O=C(CNc1ccc(Br)cc1)NC1CCCCC1. The fourth-order valence-electron chi connectivity index (χ4n) is 2.28. The molecule has 4 heteroatoms. The van der Waals surface area contributed by atoms with E-state index in [-0.39, 0.29) is 5.91 Å². The van der Waals surface area contributed by atoms with Crippen LogP contribution >= 0.6 is 15.9 Å². The Balaban J connectivity index is 1.72. The molecule has 18 heavy (non-hydrogen) atoms. The molecule has 3 nitrogen and oxygen atoms in total. The summed E-state index contributed by atoms with van der Waals surface area (Å²) >= 11 is 3.38. The lowest BCUT2D eigenvalue weighted by molar-refractivity contribution is -0.120. The lowest BCUT2D eigenvalue weighted by Gasteiger charge is -2.22. The van der Waals surface area contributed by atoms with E-state index < -0.39 is 0 Å². The summed E-state index contributed by atoms with van der Waals surface area (Å²) < 4.78 is 1.04. The van der Waals surface area contributed by atoms with Gasteiger partial charge in [-0.25, -0.2) is 0 Å². The number of nitrogens with one attached hydrogen (secondary N) is 2. The molecular weight excluding hydrogens is 292 g/mol. The third-order valence-electron chi connectivity index (χ3n) is 3.27. The predicted octanol–water partition coefficient (Wildman–Crippen LogP) is 3.31. The molecule has 0 aromatic heterocycles. The van der Waals surface area contributed by atoms with Crippen molar-refractivity contribution >= 4 is 27.5 Å². The summed E-state index contributed by atoms with van der Waals surface area (Å²) in [6, 6.07) is 8.22. The van der Waals surface area contributed by atoms with E-state index in [0.717, 1.165) is 23.0 Å². The van der Waals surface area contributed by atoms with E-state index in [0.29, 0.717) is 12.6 Å². The molecular formula is C14H19BrN2O. The summed E-state index contributed by atoms with van der Waals surface area (Å²) in [4.78, 5) is 11.8. The zero-order chi connectivity index (χ0) is 12.8. The second-order valence-corrected chi connectivity index (χ2v) is 5.68. The first-order valence-corrected chi connectivity index (χ1v) is 7.32. The molecule has 2 rings (SSSR count). The highest BCUT2D eigenvalue weighted by atomic mass is 79.9. The highest BCUT2D eigenvalue weighted by molar-refractivity contribution is 9.10. The van der Waals surface area contributed by atoms with Crippen LogP contribution in [-0.2, 0) is 4.79 Å². The van der Waals surface area contributed by atoms with Crippen molar-refractivity contribution in [3.8, 4) is 0 Å². The Hall–Kier alpha value is -1.03. The number of benzene rings is 1. The first-order valence-electron chi connectivity index (χ1n) is 6.53. The number of carbonyl (C=O) groups is 1. The van der Waals surface area contributed by atoms with Crippen molar-refractivity contribution in [2.75, 3.05) is 11.9 Å². The zero-order valence-corrected chi connectivity index (χ0v) is 12.0. The largest absolute Gasteiger partial charge is 0.376 e. The zero-order valence-electron chi connectivity index (χ0n) is 10.4. The summed E-state index contributed by atoms with van der Waals surface area (Å²) in [5, 5.41) is 6.22. The van der Waals surface area contributed by atoms with E-state index in [9.17, 15) is 4.79 Å². The molecule has 1 fully saturated rings. The molecule has 1 aromatic rings. The molecule has 98 valence electrons. The van der Waals surface area contributed by atoms with Crippen molar-refractivity contribution in [1.29, 1.82) is 0 Å². The molecule has 1 aliphatic carbocycles. The summed E-state index contributed by atoms with van der Waals surface area (Å²) in [5.41, 5.74) is 0.969. The third kappa shape index (κ3) is 4.33. The van der Waals surface area contributed by atoms with Crippen molar-refractivity contribution in [2.24, 2.45) is 0 Å². The minimum absolute atomic E-state index is 0.0878. The van der Waals surface area contributed by atoms with Crippen molar-refractivity contribution in [1.82, 2.24) is 5.32 Å². The van der Waals surface area contributed by atoms with Crippen LogP contribution in [0.15, 0.2) is 28.7 Å². The number of hydrogen-bond acceptors (Lipinski definition) is 2. The Morgan fingerprint density at radius 1 is 1.17 bits per heavy atom. The molecule has 0 atom stereocenters. The van der Waals surface area contributed by atoms with Gasteiger partial charge in [0.15, 0.2) is 0 Å². The molecule has 0 bridgehead atoms. The van der Waals surface area contributed by atoms with Gasteiger partial charge >= 0.3 is 0 Å². The Morgan fingerprint density at radius 2 is 1.83 bits per heavy atom. The molecule has 0 heterocycles. The molecule has 0 spiro atoms. The van der Waals surface area contributed by atoms with Crippen LogP contribution in [-0.4, -0.2) is 18.5 Å². The average molecular weight is 311 g/mol. The number of anilines is 1. The number of halogens is 1. The summed E-state index contributed by atoms with van der Waals surface area (Å²) in [5.74, 6) is 0.0878. The van der Waals surface area contributed by atoms with E-state index in [2.05, 4.69) is 26.6 Å². The lowest BCUT2D eigenvalue weighted by Crippen LogP contribution is -2.39. The second-order valence-electron chi connectivity index (χ2n) is 4.76. The minimum atomic E-state index is 0.0878. The maximum atomic E-state index is 11.8. The Labute approximate surface area is 116 Å². The second kappa shape index (κ2) is 6.78. The van der Waals surface area contributed by atoms with Gasteiger partial charge in [0.05, 0.1) is 6.54 Å². The van der Waals surface area contributed by atoms with Crippen LogP contribution in [0.1, 0.15) is 32.1 Å². The molecule has 1 aromatic carbocycles. The van der Waals surface area contributed by atoms with Crippen LogP contribution in [0.4, 0.5) is 5.69 Å². The van der Waals surface area contributed by atoms with E-state index in [1.54, 1.807) is 0 Å². The molecule has 1 amide bonds. The molecule has 1 saturated carbocycles. The van der Waals surface area contributed by atoms with Crippen molar-refractivity contribution in [2.45, 2.75) is 38.1 Å². The van der Waals surface area contributed by atoms with Crippen LogP contribution in [0.3, 0.4) is 0 Å². The van der Waals surface area contributed by atoms with Gasteiger partial charge in [-0.3, -0.25) is 4.79 Å². The summed E-state index contributed by atoms with van der Waals surface area (Å²) in [6.45, 7) is 0.345. The van der Waals surface area contributed by atoms with Crippen LogP contribution in [0.25, 0.3) is 0 Å². The first-order chi connectivity index (χ1) is 8.74. The topological polar surface area (TPSA) is 41.1 Å². The van der Waals surface area contributed by atoms with Gasteiger partial charge in [-0.15, -0.1) is 0 Å². The van der Waals surface area contributed by atoms with Gasteiger partial charge < -0.3 is 10.6 Å². The molecule has 2 N–H and O–H groups in total. The summed E-state index contributed by atoms with van der Waals surface area (Å²) in [6.07, 6.45) is 6.05. The first kappa shape index (κ1) is 13.4. The molecule has 0 radical (unpaired) electrons. The normalized spacial score (nSPS) is 16.3. The third-order valence-corrected chi connectivity index (χ3v) is 3.80. The number of hydrogen-bond donors (Lipinski definition) is 2. The van der Waals surface area contributed by atoms with Crippen LogP contribution in [0.5, 0.6) is 0 Å². The number of amides is 1. The van der Waals surface area contributed by atoms with Crippen LogP contribution < -0.4 is 10.6 Å². The molecule has 0 unspecified atom stereocenters. The Morgan fingerprint density at radius 3 is 2.50 bits per heavy atom. The molecule has 0 aliphatic heterocycles. The maximum absolute atomic E-state index is 11.8. The van der Waals surface area contributed by atoms with E-state index in [4.69, 9.17) is 0 Å². The smallest absolute Gasteiger partial charge is 0.239 e. The highest BCUT2D eigenvalue weighted by Crippen LogP contribution is 2.17. The van der Waals surface area contributed by atoms with Gasteiger partial charge in [-0.2, -0.15) is 0 Å². The number of rotatable bonds is 4. The molecule has 1 aliphatic rings. The number of carbonyl (C=O) groups excluding carboxylic acids is 1. The predicted molar refractivity (Wildman–Crippen MR) is 77.6 cm³/mol. The van der Waals surface area contributed by atoms with E-state index in [1.165, 1.54) is 19.3 Å². The summed E-state index contributed by atoms with van der Waals surface area (Å²) in [7, 11) is 0. The van der Waals surface area contributed by atoms with E-state index >= 15 is 0 Å². The molecule has 0 saturated heterocycles. The lowest BCUT2D eigenvalue weighted by atomic mass is 9.95. The average Bonchev–Trinajstić information content (AvgIpc) is 2.39. The van der Waals surface area contributed by atoms with Crippen LogP contribution in [0.2, 0.25) is 0 Å². The van der Waals surface area contributed by atoms with Crippen molar-refractivity contribution in [3.05, 3.63) is 28.7 Å². The van der Waals surface area contributed by atoms with Crippen molar-refractivity contribution in [3.63, 3.8) is 0 Å². The quantitative estimate of drug-likeness (QED) is 0.896. The van der Waals surface area contributed by atoms with Crippen molar-refractivity contribution < 1.29 is 4.79 Å². The van der Waals surface area contributed by atoms with Gasteiger partial charge in [-0.05, 0) is 37.1 Å². The fraction of sp³-hybridized carbons (Fsp3) is 0.500.